The molecule has 11 N–H and O–H groups in total. The molecule has 22 heteroatoms. The number of para-hydroxylation sites is 1. The molecule has 1 aliphatic carbocycles. The number of aliphatic hydroxyl groups excluding tert-OH is 2. The quantitative estimate of drug-likeness (QED) is 0.0610. The molecule has 6 heterocycles. The van der Waals surface area contributed by atoms with E-state index >= 15 is 0 Å². The summed E-state index contributed by atoms with van der Waals surface area (Å²) in [6.45, 7) is 7.23. The number of carbonyl (C=O) groups excluding carboxylic acids is 4. The lowest BCUT2D eigenvalue weighted by Crippen LogP contribution is -2.61. The van der Waals surface area contributed by atoms with E-state index in [-0.39, 0.29) is 49.3 Å². The second kappa shape index (κ2) is 28.4. The van der Waals surface area contributed by atoms with Gasteiger partial charge in [0.15, 0.2) is 0 Å². The predicted molar refractivity (Wildman–Crippen MR) is 321 cm³/mol. The Hall–Kier alpha value is -7.82. The number of pyridine rings is 1. The number of likely N-dealkylation sites (tertiary alicyclic amines) is 1. The molecule has 6 aromatic rings. The number of carbonyl (C=O) groups is 4. The topological polar surface area (TPSA) is 310 Å². The first-order chi connectivity index (χ1) is 39.8. The van der Waals surface area contributed by atoms with Crippen molar-refractivity contribution in [3.63, 3.8) is 0 Å². The third-order valence-corrected chi connectivity index (χ3v) is 15.4. The molecule has 1 saturated carbocycles. The van der Waals surface area contributed by atoms with Crippen LogP contribution in [0.4, 0.5) is 11.5 Å². The summed E-state index contributed by atoms with van der Waals surface area (Å²) in [4.78, 5) is 86.4. The number of aliphatic imine (C=N–C) groups is 2. The fourth-order valence-corrected chi connectivity index (χ4v) is 11.2. The van der Waals surface area contributed by atoms with Crippen LogP contribution >= 0.6 is 11.6 Å². The van der Waals surface area contributed by atoms with Crippen molar-refractivity contribution in [3.8, 4) is 0 Å². The molecule has 1 unspecified atom stereocenters. The van der Waals surface area contributed by atoms with Gasteiger partial charge in [0, 0.05) is 59.7 Å². The fraction of sp³-hybridized carbons (Fsp3) is 0.426. The second-order valence-electron chi connectivity index (χ2n) is 22.5. The summed E-state index contributed by atoms with van der Waals surface area (Å²) < 4.78 is 6.84. The Kier molecular flexibility index (Phi) is 21.0. The number of aromatic nitrogens is 4. The number of piperidine rings is 1. The van der Waals surface area contributed by atoms with Crippen LogP contribution in [0.1, 0.15) is 106 Å². The summed E-state index contributed by atoms with van der Waals surface area (Å²) >= 11 is 6.10. The average molecular weight is 1150 g/mol. The zero-order valence-corrected chi connectivity index (χ0v) is 48.1. The molecule has 0 radical (unpaired) electrons. The minimum absolute atomic E-state index is 0.0202. The van der Waals surface area contributed by atoms with Gasteiger partial charge in [-0.25, -0.2) is 9.78 Å². The zero-order chi connectivity index (χ0) is 59.2. The average Bonchev–Trinajstić information content (AvgIpc) is 4.31. The number of aromatic amines is 1. The van der Waals surface area contributed by atoms with Gasteiger partial charge in [-0.1, -0.05) is 85.5 Å². The fourth-order valence-electron chi connectivity index (χ4n) is 11.0. The van der Waals surface area contributed by atoms with Crippen molar-refractivity contribution in [3.05, 3.63) is 154 Å². The molecule has 4 amide bonds. The Morgan fingerprint density at radius 1 is 0.916 bits per heavy atom. The molecule has 83 heavy (non-hydrogen) atoms. The summed E-state index contributed by atoms with van der Waals surface area (Å²) in [5.74, 6) is -0.156. The van der Waals surface area contributed by atoms with Gasteiger partial charge in [0.05, 0.1) is 60.8 Å². The number of nitrogens with zero attached hydrogens (tertiary/aromatic N) is 6. The summed E-state index contributed by atoms with van der Waals surface area (Å²) in [5.41, 5.74) is 15.5. The Balaban J connectivity index is 0.000000212. The Bertz CT molecular complexity index is 3310. The first kappa shape index (κ1) is 61.3. The number of fused-ring (bicyclic) bond motifs is 3. The van der Waals surface area contributed by atoms with Crippen LogP contribution in [-0.4, -0.2) is 139 Å². The van der Waals surface area contributed by atoms with Crippen LogP contribution in [0, 0.1) is 11.8 Å². The van der Waals surface area contributed by atoms with E-state index in [0.717, 1.165) is 71.5 Å². The highest BCUT2D eigenvalue weighted by Crippen LogP contribution is 2.39. The van der Waals surface area contributed by atoms with Crippen molar-refractivity contribution in [1.82, 2.24) is 40.4 Å². The predicted octanol–water partition coefficient (Wildman–Crippen LogP) is 5.55. The van der Waals surface area contributed by atoms with Crippen molar-refractivity contribution in [2.24, 2.45) is 27.6 Å². The molecular weight excluding hydrogens is 1080 g/mol. The van der Waals surface area contributed by atoms with E-state index in [1.165, 1.54) is 11.0 Å². The van der Waals surface area contributed by atoms with Crippen molar-refractivity contribution in [2.75, 3.05) is 44.3 Å². The molecule has 10 rings (SSSR count). The number of nitrogens with two attached hydrogens (primary N) is 2. The number of halogens is 1. The van der Waals surface area contributed by atoms with Crippen LogP contribution < -0.4 is 38.4 Å². The molecule has 0 bridgehead atoms. The molecule has 3 aromatic carbocycles. The van der Waals surface area contributed by atoms with Crippen molar-refractivity contribution < 1.29 is 34.1 Å². The van der Waals surface area contributed by atoms with Crippen molar-refractivity contribution >= 4 is 69.2 Å². The second-order valence-corrected chi connectivity index (χ2v) is 22.9. The Morgan fingerprint density at radius 3 is 2.37 bits per heavy atom. The summed E-state index contributed by atoms with van der Waals surface area (Å²) in [6, 6.07) is 28.9. The Labute approximate surface area is 487 Å². The number of aliphatic hydroxyl groups is 2. The number of ether oxygens (including phenoxy) is 1. The highest BCUT2D eigenvalue weighted by molar-refractivity contribution is 6.32. The van der Waals surface area contributed by atoms with E-state index in [9.17, 15) is 29.1 Å². The van der Waals surface area contributed by atoms with Gasteiger partial charge >= 0.3 is 5.69 Å². The van der Waals surface area contributed by atoms with Crippen LogP contribution in [-0.2, 0) is 25.5 Å². The number of primary amides is 1. The van der Waals surface area contributed by atoms with Crippen LogP contribution in [0.25, 0.3) is 10.9 Å². The lowest BCUT2D eigenvalue weighted by Gasteiger charge is -2.47. The number of nitrogen functional groups attached to an aromatic ring is 1. The van der Waals surface area contributed by atoms with Gasteiger partial charge in [0.1, 0.15) is 29.6 Å². The third kappa shape index (κ3) is 16.9. The van der Waals surface area contributed by atoms with E-state index in [2.05, 4.69) is 51.1 Å². The van der Waals surface area contributed by atoms with Gasteiger partial charge in [-0.2, -0.15) is 4.98 Å². The van der Waals surface area contributed by atoms with Gasteiger partial charge in [-0.3, -0.25) is 38.6 Å². The lowest BCUT2D eigenvalue weighted by atomic mass is 9.72. The van der Waals surface area contributed by atoms with Crippen LogP contribution in [0.3, 0.4) is 0 Å². The van der Waals surface area contributed by atoms with E-state index in [4.69, 9.17) is 32.9 Å². The zero-order valence-electron chi connectivity index (χ0n) is 47.3. The molecule has 3 aromatic heterocycles. The van der Waals surface area contributed by atoms with Gasteiger partial charge in [0.25, 0.3) is 5.91 Å². The monoisotopic (exact) mass is 1150 g/mol. The number of amides is 4. The maximum atomic E-state index is 13.8. The van der Waals surface area contributed by atoms with Crippen LogP contribution in [0.2, 0.25) is 5.02 Å². The number of hydrogen-bond acceptors (Lipinski definition) is 14. The van der Waals surface area contributed by atoms with Gasteiger partial charge < -0.3 is 52.7 Å². The van der Waals surface area contributed by atoms with E-state index in [1.54, 1.807) is 37.5 Å². The lowest BCUT2D eigenvalue weighted by molar-refractivity contribution is -0.133. The number of β-amino-alcohol motifs (C(OH)–C–C–N with tert-alkyl or cyclic N) is 1. The molecule has 440 valence electrons. The number of rotatable bonds is 15. The standard InChI is InChI=1S/C38H50N6O5.C14H13ClN4.C9H13N3O3/c1-38(2,3)43-37(49)32-20-26-14-7-8-15-27(26)22-44(32)23-33(45)30(19-24-11-5-4-6-12-24)41-36(48)31(21-34(39)46)42-35(47)29-18-17-25-13-9-10-16-28(25)40-29;1-16-13-8-18-14(12-3-2-6-17-12)10-7-9(15)4-5-11(10)19-13;10-7-3-4-12(9(14)11-7)8-2-1-6(5-13)15-8/h4-6,9-13,16-18,26-27,30-33,45H,7-8,14-15,19-23H2,1-3H3,(H2,39,46)(H,41,48)(H,42,47)(H,43,49);2-7,17H,8H2,1H3,(H,16,19);3-4,6,8,13H,1-2,5H2,(H2,10,11,14)/t26-,27+,30-,31?,32-,33+;;6-,8+/m0.0/s1. The molecule has 8 atom stereocenters. The summed E-state index contributed by atoms with van der Waals surface area (Å²) in [7, 11) is 1.76. The molecule has 4 aliphatic rings. The van der Waals surface area contributed by atoms with Gasteiger partial charge in [0.2, 0.25) is 17.7 Å². The van der Waals surface area contributed by atoms with E-state index < -0.39 is 59.6 Å². The van der Waals surface area contributed by atoms with Crippen LogP contribution in [0.5, 0.6) is 0 Å². The smallest absolute Gasteiger partial charge is 0.351 e. The number of anilines is 2. The minimum atomic E-state index is -1.30. The van der Waals surface area contributed by atoms with E-state index in [0.29, 0.717) is 41.9 Å². The number of nitrogens with one attached hydrogen (secondary N) is 5. The number of H-pyrrole nitrogens is 1. The molecular formula is C61H76ClN13O8. The normalized spacial score (nSPS) is 21.1. The summed E-state index contributed by atoms with van der Waals surface area (Å²) in [5, 5.41) is 34.3. The van der Waals surface area contributed by atoms with E-state index in [1.807, 2.05) is 106 Å². The first-order valence-corrected chi connectivity index (χ1v) is 28.6. The number of hydrogen-bond donors (Lipinski definition) is 9. The summed E-state index contributed by atoms with van der Waals surface area (Å²) in [6.07, 6.45) is 8.42. The number of benzodiazepines with no additional fused rings is 1. The Morgan fingerprint density at radius 2 is 1.67 bits per heavy atom. The third-order valence-electron chi connectivity index (χ3n) is 15.1. The van der Waals surface area contributed by atoms with Crippen molar-refractivity contribution in [2.45, 2.75) is 121 Å². The molecule has 21 nitrogen and oxygen atoms in total. The number of amidine groups is 1. The highest BCUT2D eigenvalue weighted by atomic mass is 35.5. The van der Waals surface area contributed by atoms with Gasteiger partial charge in [-0.05, 0) is 119 Å². The first-order valence-electron chi connectivity index (χ1n) is 28.2. The number of benzene rings is 3. The minimum Gasteiger partial charge on any atom is -0.394 e. The highest BCUT2D eigenvalue weighted by Gasteiger charge is 2.42. The largest absolute Gasteiger partial charge is 0.394 e. The molecule has 0 spiro atoms. The molecule has 3 fully saturated rings. The molecule has 2 saturated heterocycles. The SMILES string of the molecule is CC(C)(C)NC(=O)[C@@H]1C[C@@H]2CCCC[C@@H]2CN1C[C@@H](O)[C@H](Cc1ccccc1)NC(=O)C(CC(N)=O)NC(=O)c1ccc2ccccc2n1.CN=C1CN=C(c2ccc[nH]2)c2cc(Cl)ccc2N1.Nc1ccn([C@H]2CC[C@@H](CO)O2)c(=O)n1. The van der Waals surface area contributed by atoms with Crippen LogP contribution in [0.15, 0.2) is 130 Å². The molecule has 3 aliphatic heterocycles. The van der Waals surface area contributed by atoms with Crippen molar-refractivity contribution in [1.29, 1.82) is 0 Å². The maximum Gasteiger partial charge on any atom is 0.351 e. The maximum absolute atomic E-state index is 13.8. The van der Waals surface area contributed by atoms with Gasteiger partial charge in [-0.15, -0.1) is 0 Å².